The summed E-state index contributed by atoms with van der Waals surface area (Å²) < 4.78 is 0. The van der Waals surface area contributed by atoms with E-state index in [-0.39, 0.29) is 23.8 Å². The quantitative estimate of drug-likeness (QED) is 0.791. The number of benzene rings is 1. The Balaban J connectivity index is 1.92. The SMILES string of the molecule is CC(C)NC(=O)c1ccc(NC(=O)C2CCNCC2)cc1. The van der Waals surface area contributed by atoms with E-state index in [1.54, 1.807) is 24.3 Å². The molecule has 1 aromatic rings. The molecule has 0 atom stereocenters. The molecule has 2 amide bonds. The fraction of sp³-hybridized carbons (Fsp3) is 0.500. The minimum atomic E-state index is -0.0961. The molecule has 3 N–H and O–H groups in total. The fourth-order valence-electron chi connectivity index (χ4n) is 2.38. The lowest BCUT2D eigenvalue weighted by Gasteiger charge is -2.21. The molecule has 0 saturated carbocycles. The van der Waals surface area contributed by atoms with Gasteiger partial charge in [0.25, 0.3) is 5.91 Å². The molecule has 0 aliphatic carbocycles. The van der Waals surface area contributed by atoms with E-state index >= 15 is 0 Å². The molecule has 21 heavy (non-hydrogen) atoms. The van der Waals surface area contributed by atoms with Crippen LogP contribution in [0.5, 0.6) is 0 Å². The van der Waals surface area contributed by atoms with Crippen LogP contribution in [0.4, 0.5) is 5.69 Å². The van der Waals surface area contributed by atoms with Gasteiger partial charge in [-0.15, -0.1) is 0 Å². The zero-order chi connectivity index (χ0) is 15.2. The Morgan fingerprint density at radius 3 is 2.33 bits per heavy atom. The van der Waals surface area contributed by atoms with Crippen LogP contribution in [0.2, 0.25) is 0 Å². The molecular formula is C16H23N3O2. The van der Waals surface area contributed by atoms with Gasteiger partial charge in [0.05, 0.1) is 0 Å². The summed E-state index contributed by atoms with van der Waals surface area (Å²) in [5, 5.41) is 9.00. The van der Waals surface area contributed by atoms with Gasteiger partial charge in [0.15, 0.2) is 0 Å². The van der Waals surface area contributed by atoms with E-state index in [0.717, 1.165) is 31.6 Å². The Morgan fingerprint density at radius 1 is 1.14 bits per heavy atom. The van der Waals surface area contributed by atoms with E-state index in [1.165, 1.54) is 0 Å². The van der Waals surface area contributed by atoms with Gasteiger partial charge in [0, 0.05) is 23.2 Å². The van der Waals surface area contributed by atoms with Crippen molar-refractivity contribution in [3.05, 3.63) is 29.8 Å². The van der Waals surface area contributed by atoms with Crippen LogP contribution in [0.25, 0.3) is 0 Å². The number of nitrogens with one attached hydrogen (secondary N) is 3. The highest BCUT2D eigenvalue weighted by atomic mass is 16.2. The minimum Gasteiger partial charge on any atom is -0.350 e. The second-order valence-corrected chi connectivity index (χ2v) is 5.72. The van der Waals surface area contributed by atoms with E-state index in [2.05, 4.69) is 16.0 Å². The van der Waals surface area contributed by atoms with Gasteiger partial charge in [-0.1, -0.05) is 0 Å². The number of carbonyl (C=O) groups excluding carboxylic acids is 2. The molecule has 114 valence electrons. The standard InChI is InChI=1S/C16H23N3O2/c1-11(2)18-15(20)12-3-5-14(6-4-12)19-16(21)13-7-9-17-10-8-13/h3-6,11,13,17H,7-10H2,1-2H3,(H,18,20)(H,19,21). The van der Waals surface area contributed by atoms with Crippen molar-refractivity contribution in [3.63, 3.8) is 0 Å². The van der Waals surface area contributed by atoms with E-state index in [9.17, 15) is 9.59 Å². The summed E-state index contributed by atoms with van der Waals surface area (Å²) in [6, 6.07) is 7.12. The maximum absolute atomic E-state index is 12.1. The first-order valence-electron chi connectivity index (χ1n) is 7.49. The lowest BCUT2D eigenvalue weighted by molar-refractivity contribution is -0.120. The predicted octanol–water partition coefficient (Wildman–Crippen LogP) is 1.76. The van der Waals surface area contributed by atoms with Crippen molar-refractivity contribution in [2.75, 3.05) is 18.4 Å². The van der Waals surface area contributed by atoms with Gasteiger partial charge >= 0.3 is 0 Å². The number of carbonyl (C=O) groups is 2. The Bertz CT molecular complexity index is 491. The zero-order valence-electron chi connectivity index (χ0n) is 12.6. The van der Waals surface area contributed by atoms with Crippen molar-refractivity contribution in [3.8, 4) is 0 Å². The van der Waals surface area contributed by atoms with Crippen molar-refractivity contribution < 1.29 is 9.59 Å². The Morgan fingerprint density at radius 2 is 1.76 bits per heavy atom. The maximum atomic E-state index is 12.1. The maximum Gasteiger partial charge on any atom is 0.251 e. The topological polar surface area (TPSA) is 70.2 Å². The van der Waals surface area contributed by atoms with Crippen molar-refractivity contribution >= 4 is 17.5 Å². The molecule has 5 nitrogen and oxygen atoms in total. The summed E-state index contributed by atoms with van der Waals surface area (Å²) in [5.41, 5.74) is 1.34. The molecule has 1 aliphatic heterocycles. The van der Waals surface area contributed by atoms with Crippen molar-refractivity contribution in [1.82, 2.24) is 10.6 Å². The molecule has 0 spiro atoms. The largest absolute Gasteiger partial charge is 0.350 e. The third-order valence-corrected chi connectivity index (χ3v) is 3.54. The summed E-state index contributed by atoms with van der Waals surface area (Å²) in [5.74, 6) is 0.0484. The fourth-order valence-corrected chi connectivity index (χ4v) is 2.38. The first kappa shape index (κ1) is 15.5. The summed E-state index contributed by atoms with van der Waals surface area (Å²) in [6.07, 6.45) is 1.75. The van der Waals surface area contributed by atoms with E-state index in [0.29, 0.717) is 5.56 Å². The van der Waals surface area contributed by atoms with E-state index in [1.807, 2.05) is 13.8 Å². The highest BCUT2D eigenvalue weighted by Crippen LogP contribution is 2.16. The summed E-state index contributed by atoms with van der Waals surface area (Å²) >= 11 is 0. The van der Waals surface area contributed by atoms with Gasteiger partial charge in [-0.25, -0.2) is 0 Å². The number of rotatable bonds is 4. The van der Waals surface area contributed by atoms with E-state index < -0.39 is 0 Å². The van der Waals surface area contributed by atoms with Crippen molar-refractivity contribution in [1.29, 1.82) is 0 Å². The smallest absolute Gasteiger partial charge is 0.251 e. The number of amides is 2. The van der Waals surface area contributed by atoms with Crippen LogP contribution >= 0.6 is 0 Å². The van der Waals surface area contributed by atoms with Crippen LogP contribution < -0.4 is 16.0 Å². The molecule has 0 bridgehead atoms. The van der Waals surface area contributed by atoms with Crippen LogP contribution in [0.3, 0.4) is 0 Å². The van der Waals surface area contributed by atoms with Crippen molar-refractivity contribution in [2.24, 2.45) is 5.92 Å². The number of hydrogen-bond donors (Lipinski definition) is 3. The summed E-state index contributed by atoms with van der Waals surface area (Å²) in [4.78, 5) is 23.9. The van der Waals surface area contributed by atoms with Crippen LogP contribution in [-0.2, 0) is 4.79 Å². The normalized spacial score (nSPS) is 15.8. The van der Waals surface area contributed by atoms with Crippen LogP contribution in [0, 0.1) is 5.92 Å². The molecule has 1 aliphatic rings. The Labute approximate surface area is 125 Å². The van der Waals surface area contributed by atoms with Gasteiger partial charge < -0.3 is 16.0 Å². The molecule has 1 heterocycles. The van der Waals surface area contributed by atoms with Crippen LogP contribution in [-0.4, -0.2) is 30.9 Å². The molecule has 1 fully saturated rings. The van der Waals surface area contributed by atoms with Crippen LogP contribution in [0.15, 0.2) is 24.3 Å². The van der Waals surface area contributed by atoms with E-state index in [4.69, 9.17) is 0 Å². The second-order valence-electron chi connectivity index (χ2n) is 5.72. The first-order chi connectivity index (χ1) is 10.1. The van der Waals surface area contributed by atoms with Crippen LogP contribution in [0.1, 0.15) is 37.0 Å². The minimum absolute atomic E-state index is 0.0656. The molecular weight excluding hydrogens is 266 g/mol. The molecule has 5 heteroatoms. The lowest BCUT2D eigenvalue weighted by atomic mass is 9.97. The van der Waals surface area contributed by atoms with Gasteiger partial charge in [0.2, 0.25) is 5.91 Å². The monoisotopic (exact) mass is 289 g/mol. The second kappa shape index (κ2) is 7.22. The highest BCUT2D eigenvalue weighted by Gasteiger charge is 2.20. The molecule has 2 rings (SSSR count). The Hall–Kier alpha value is -1.88. The third kappa shape index (κ3) is 4.56. The average Bonchev–Trinajstić information content (AvgIpc) is 2.48. The molecule has 1 aromatic carbocycles. The van der Waals surface area contributed by atoms with Gasteiger partial charge in [0.1, 0.15) is 0 Å². The number of hydrogen-bond acceptors (Lipinski definition) is 3. The number of piperidine rings is 1. The lowest BCUT2D eigenvalue weighted by Crippen LogP contribution is -2.34. The van der Waals surface area contributed by atoms with Gasteiger partial charge in [-0.3, -0.25) is 9.59 Å². The highest BCUT2D eigenvalue weighted by molar-refractivity contribution is 5.96. The molecule has 0 radical (unpaired) electrons. The number of anilines is 1. The summed E-state index contributed by atoms with van der Waals surface area (Å²) in [7, 11) is 0. The summed E-state index contributed by atoms with van der Waals surface area (Å²) in [6.45, 7) is 5.63. The zero-order valence-corrected chi connectivity index (χ0v) is 12.6. The van der Waals surface area contributed by atoms with Gasteiger partial charge in [-0.05, 0) is 64.0 Å². The molecule has 1 saturated heterocycles. The third-order valence-electron chi connectivity index (χ3n) is 3.54. The van der Waals surface area contributed by atoms with Gasteiger partial charge in [-0.2, -0.15) is 0 Å². The Kier molecular flexibility index (Phi) is 5.33. The first-order valence-corrected chi connectivity index (χ1v) is 7.49. The van der Waals surface area contributed by atoms with Crippen molar-refractivity contribution in [2.45, 2.75) is 32.7 Å². The molecule has 0 aromatic heterocycles. The predicted molar refractivity (Wildman–Crippen MR) is 83.3 cm³/mol. The molecule has 0 unspecified atom stereocenters. The average molecular weight is 289 g/mol.